The van der Waals surface area contributed by atoms with E-state index >= 15 is 0 Å². The Hall–Kier alpha value is -3.01. The fraction of sp³-hybridized carbons (Fsp3) is 0.333. The van der Waals surface area contributed by atoms with E-state index < -0.39 is 21.7 Å². The van der Waals surface area contributed by atoms with E-state index in [0.717, 1.165) is 17.7 Å². The van der Waals surface area contributed by atoms with Gasteiger partial charge in [-0.1, -0.05) is 13.0 Å². The van der Waals surface area contributed by atoms with E-state index in [0.29, 0.717) is 6.61 Å². The summed E-state index contributed by atoms with van der Waals surface area (Å²) in [6, 6.07) is 7.76. The van der Waals surface area contributed by atoms with Crippen LogP contribution >= 0.6 is 0 Å². The molecule has 9 nitrogen and oxygen atoms in total. The van der Waals surface area contributed by atoms with E-state index in [9.17, 15) is 13.2 Å². The summed E-state index contributed by atoms with van der Waals surface area (Å²) in [5.74, 6) is 0.324. The number of furan rings is 1. The van der Waals surface area contributed by atoms with Gasteiger partial charge in [-0.05, 0) is 43.2 Å². The van der Waals surface area contributed by atoms with Gasteiger partial charge in [0.1, 0.15) is 22.3 Å². The Balaban J connectivity index is 0.00000122. The van der Waals surface area contributed by atoms with Crippen molar-refractivity contribution < 1.29 is 27.2 Å². The van der Waals surface area contributed by atoms with Crippen LogP contribution < -0.4 is 21.5 Å². The summed E-state index contributed by atoms with van der Waals surface area (Å²) in [7, 11) is -3.81. The highest BCUT2D eigenvalue weighted by Gasteiger charge is 2.24. The van der Waals surface area contributed by atoms with Crippen LogP contribution in [0, 0.1) is 0 Å². The number of benzene rings is 1. The van der Waals surface area contributed by atoms with Gasteiger partial charge in [0, 0.05) is 5.92 Å². The molecule has 1 heterocycles. The zero-order chi connectivity index (χ0) is 21.2. The molecule has 0 radical (unpaired) electrons. The Kier molecular flexibility index (Phi) is 9.03. The molecule has 0 fully saturated rings. The van der Waals surface area contributed by atoms with E-state index in [4.69, 9.17) is 19.7 Å². The second kappa shape index (κ2) is 11.0. The average Bonchev–Trinajstić information content (AvgIpc) is 3.17. The van der Waals surface area contributed by atoms with Crippen LogP contribution in [0.1, 0.15) is 37.5 Å². The van der Waals surface area contributed by atoms with Crippen LogP contribution in [-0.2, 0) is 14.6 Å². The second-order valence-electron chi connectivity index (χ2n) is 5.55. The Morgan fingerprint density at radius 3 is 2.50 bits per heavy atom. The lowest BCUT2D eigenvalue weighted by Gasteiger charge is -2.17. The predicted molar refractivity (Wildman–Crippen MR) is 103 cm³/mol. The van der Waals surface area contributed by atoms with Crippen molar-refractivity contribution in [1.82, 2.24) is 5.32 Å². The van der Waals surface area contributed by atoms with Gasteiger partial charge in [0.2, 0.25) is 6.41 Å². The summed E-state index contributed by atoms with van der Waals surface area (Å²) in [5, 5.41) is 2.12. The van der Waals surface area contributed by atoms with Gasteiger partial charge in [-0.15, -0.1) is 0 Å². The molecule has 5 N–H and O–H groups in total. The standard InChI is InChI=1S/C17H22N2O5S.CH3NO/c1-3-13(14-6-5-9-24-14)12-7-8-15(23-4-2)16(10-12)25(21,22)11-19-17(18)20;2-1-3/h5-10,13H,3-4,11H2,1-2H3,(H3,18,19,20);1H,(H2,2,3). The van der Waals surface area contributed by atoms with Gasteiger partial charge < -0.3 is 25.9 Å². The maximum absolute atomic E-state index is 12.6. The first-order chi connectivity index (χ1) is 13.3. The van der Waals surface area contributed by atoms with Gasteiger partial charge in [-0.2, -0.15) is 0 Å². The molecular formula is C18H25N3O6S. The van der Waals surface area contributed by atoms with Crippen molar-refractivity contribution in [3.8, 4) is 5.75 Å². The summed E-state index contributed by atoms with van der Waals surface area (Å²) < 4.78 is 36.1. The zero-order valence-corrected chi connectivity index (χ0v) is 16.6. The van der Waals surface area contributed by atoms with Crippen LogP contribution in [0.4, 0.5) is 4.79 Å². The molecule has 28 heavy (non-hydrogen) atoms. The molecule has 0 aliphatic rings. The average molecular weight is 411 g/mol. The molecule has 1 atom stereocenters. The Labute approximate surface area is 163 Å². The first kappa shape index (κ1) is 23.0. The molecule has 2 rings (SSSR count). The minimum absolute atomic E-state index is 0.0191. The topological polar surface area (TPSA) is 155 Å². The van der Waals surface area contributed by atoms with Gasteiger partial charge >= 0.3 is 6.03 Å². The lowest BCUT2D eigenvalue weighted by atomic mass is 9.94. The van der Waals surface area contributed by atoms with Crippen LogP contribution in [0.25, 0.3) is 0 Å². The molecule has 0 saturated carbocycles. The molecule has 1 aromatic heterocycles. The summed E-state index contributed by atoms with van der Waals surface area (Å²) >= 11 is 0. The van der Waals surface area contributed by atoms with Crippen molar-refractivity contribution in [3.05, 3.63) is 47.9 Å². The largest absolute Gasteiger partial charge is 0.493 e. The van der Waals surface area contributed by atoms with Crippen LogP contribution in [-0.4, -0.2) is 33.3 Å². The third-order valence-corrected chi connectivity index (χ3v) is 5.25. The number of rotatable bonds is 8. The maximum Gasteiger partial charge on any atom is 0.313 e. The highest BCUT2D eigenvalue weighted by Crippen LogP contribution is 2.33. The van der Waals surface area contributed by atoms with Crippen molar-refractivity contribution in [2.45, 2.75) is 31.1 Å². The van der Waals surface area contributed by atoms with Crippen LogP contribution in [0.3, 0.4) is 0 Å². The third-order valence-electron chi connectivity index (χ3n) is 3.74. The van der Waals surface area contributed by atoms with Crippen molar-refractivity contribution in [2.75, 3.05) is 12.5 Å². The monoisotopic (exact) mass is 411 g/mol. The minimum atomic E-state index is -3.81. The number of hydrogen-bond donors (Lipinski definition) is 3. The molecule has 0 bridgehead atoms. The predicted octanol–water partition coefficient (Wildman–Crippen LogP) is 1.72. The SMILES string of the molecule is CCOc1ccc(C(CC)c2ccco2)cc1S(=O)(=O)CNC(N)=O.NC=O. The van der Waals surface area contributed by atoms with E-state index in [-0.39, 0.29) is 23.0 Å². The molecule has 0 spiro atoms. The Bertz CT molecular complexity index is 865. The summed E-state index contributed by atoms with van der Waals surface area (Å²) in [4.78, 5) is 19.5. The van der Waals surface area contributed by atoms with Crippen LogP contribution in [0.2, 0.25) is 0 Å². The smallest absolute Gasteiger partial charge is 0.313 e. The fourth-order valence-corrected chi connectivity index (χ4v) is 3.83. The molecule has 0 aliphatic carbocycles. The van der Waals surface area contributed by atoms with Gasteiger partial charge in [0.05, 0.1) is 12.9 Å². The number of nitrogens with one attached hydrogen (secondary N) is 1. The lowest BCUT2D eigenvalue weighted by molar-refractivity contribution is -0.106. The van der Waals surface area contributed by atoms with Crippen LogP contribution in [0.5, 0.6) is 5.75 Å². The Morgan fingerprint density at radius 2 is 2.00 bits per heavy atom. The number of nitrogens with two attached hydrogens (primary N) is 2. The number of urea groups is 1. The number of ether oxygens (including phenoxy) is 1. The third kappa shape index (κ3) is 6.31. The fourth-order valence-electron chi connectivity index (χ4n) is 2.59. The first-order valence-electron chi connectivity index (χ1n) is 8.52. The molecule has 3 amide bonds. The zero-order valence-electron chi connectivity index (χ0n) is 15.8. The van der Waals surface area contributed by atoms with E-state index in [1.54, 1.807) is 31.4 Å². The summed E-state index contributed by atoms with van der Waals surface area (Å²) in [5.41, 5.74) is 9.94. The number of primary amides is 2. The number of sulfone groups is 1. The molecule has 154 valence electrons. The number of carbonyl (C=O) groups is 2. The highest BCUT2D eigenvalue weighted by atomic mass is 32.2. The van der Waals surface area contributed by atoms with Crippen molar-refractivity contribution >= 4 is 22.3 Å². The normalized spacial score (nSPS) is 11.6. The van der Waals surface area contributed by atoms with Gasteiger partial charge in [0.15, 0.2) is 9.84 Å². The van der Waals surface area contributed by atoms with Gasteiger partial charge in [-0.25, -0.2) is 13.2 Å². The quantitative estimate of drug-likeness (QED) is 0.562. The molecule has 1 aromatic carbocycles. The minimum Gasteiger partial charge on any atom is -0.493 e. The molecule has 0 aliphatic heterocycles. The van der Waals surface area contributed by atoms with E-state index in [1.165, 1.54) is 0 Å². The van der Waals surface area contributed by atoms with Crippen molar-refractivity contribution in [2.24, 2.45) is 11.5 Å². The van der Waals surface area contributed by atoms with E-state index in [2.05, 4.69) is 11.1 Å². The van der Waals surface area contributed by atoms with Crippen LogP contribution in [0.15, 0.2) is 45.9 Å². The maximum atomic E-state index is 12.6. The molecule has 1 unspecified atom stereocenters. The van der Waals surface area contributed by atoms with E-state index in [1.807, 2.05) is 19.1 Å². The van der Waals surface area contributed by atoms with Crippen molar-refractivity contribution in [3.63, 3.8) is 0 Å². The number of hydrogen-bond acceptors (Lipinski definition) is 6. The summed E-state index contributed by atoms with van der Waals surface area (Å²) in [6.45, 7) is 4.08. The first-order valence-corrected chi connectivity index (χ1v) is 10.2. The lowest BCUT2D eigenvalue weighted by Crippen LogP contribution is -2.34. The second-order valence-corrected chi connectivity index (χ2v) is 7.51. The molecule has 2 aromatic rings. The number of amides is 3. The molecule has 10 heteroatoms. The van der Waals surface area contributed by atoms with Gasteiger partial charge in [0.25, 0.3) is 0 Å². The number of carbonyl (C=O) groups excluding carboxylic acids is 2. The van der Waals surface area contributed by atoms with Gasteiger partial charge in [-0.3, -0.25) is 4.79 Å². The molecule has 0 saturated heterocycles. The molecular weight excluding hydrogens is 386 g/mol. The highest BCUT2D eigenvalue weighted by molar-refractivity contribution is 7.91. The van der Waals surface area contributed by atoms with Crippen molar-refractivity contribution in [1.29, 1.82) is 0 Å². The summed E-state index contributed by atoms with van der Waals surface area (Å²) in [6.07, 6.45) is 2.57. The Morgan fingerprint density at radius 1 is 1.32 bits per heavy atom.